The van der Waals surface area contributed by atoms with Gasteiger partial charge in [0.05, 0.1) is 24.8 Å². The van der Waals surface area contributed by atoms with Gasteiger partial charge in [0, 0.05) is 19.2 Å². The van der Waals surface area contributed by atoms with Crippen molar-refractivity contribution >= 4 is 27.5 Å². The highest BCUT2D eigenvalue weighted by molar-refractivity contribution is 7.92. The Morgan fingerprint density at radius 3 is 2.00 bits per heavy atom. The van der Waals surface area contributed by atoms with Crippen molar-refractivity contribution in [2.45, 2.75) is 52.1 Å². The van der Waals surface area contributed by atoms with Crippen LogP contribution in [0.25, 0.3) is 0 Å². The smallest absolute Gasteiger partial charge is 0.264 e. The quantitative estimate of drug-likeness (QED) is 0.307. The molecule has 3 aromatic carbocycles. The molecule has 1 atom stereocenters. The van der Waals surface area contributed by atoms with Crippen LogP contribution in [0.2, 0.25) is 0 Å². The molecule has 0 spiro atoms. The Bertz CT molecular complexity index is 1470. The summed E-state index contributed by atoms with van der Waals surface area (Å²) in [4.78, 5) is 28.7. The van der Waals surface area contributed by atoms with E-state index in [1.54, 1.807) is 31.2 Å². The van der Waals surface area contributed by atoms with Gasteiger partial charge in [0.1, 0.15) is 24.1 Å². The third-order valence-corrected chi connectivity index (χ3v) is 8.64. The van der Waals surface area contributed by atoms with E-state index in [0.29, 0.717) is 12.3 Å². The lowest BCUT2D eigenvalue weighted by molar-refractivity contribution is -0.139. The van der Waals surface area contributed by atoms with Crippen LogP contribution in [0.4, 0.5) is 5.69 Å². The Labute approximate surface area is 249 Å². The van der Waals surface area contributed by atoms with Crippen molar-refractivity contribution < 1.29 is 27.5 Å². The van der Waals surface area contributed by atoms with Crippen LogP contribution in [-0.4, -0.2) is 58.5 Å². The van der Waals surface area contributed by atoms with Gasteiger partial charge in [0.15, 0.2) is 0 Å². The van der Waals surface area contributed by atoms with Crippen molar-refractivity contribution in [1.29, 1.82) is 0 Å². The molecule has 1 unspecified atom stereocenters. The molecule has 0 aliphatic carbocycles. The van der Waals surface area contributed by atoms with E-state index in [1.165, 1.54) is 37.3 Å². The summed E-state index contributed by atoms with van der Waals surface area (Å²) < 4.78 is 40.2. The van der Waals surface area contributed by atoms with Crippen LogP contribution in [0.3, 0.4) is 0 Å². The number of carbonyl (C=O) groups is 2. The van der Waals surface area contributed by atoms with Crippen LogP contribution < -0.4 is 19.1 Å². The van der Waals surface area contributed by atoms with E-state index in [4.69, 9.17) is 9.47 Å². The summed E-state index contributed by atoms with van der Waals surface area (Å²) in [5, 5.41) is 2.89. The highest BCUT2D eigenvalue weighted by Gasteiger charge is 2.34. The Kier molecular flexibility index (Phi) is 11.0. The number of nitrogens with one attached hydrogen (secondary N) is 1. The van der Waals surface area contributed by atoms with Gasteiger partial charge in [-0.15, -0.1) is 0 Å². The van der Waals surface area contributed by atoms with Crippen molar-refractivity contribution in [3.05, 3.63) is 83.4 Å². The first-order chi connectivity index (χ1) is 19.9. The van der Waals surface area contributed by atoms with E-state index < -0.39 is 28.5 Å². The minimum Gasteiger partial charge on any atom is -0.497 e. The molecule has 2 amide bonds. The summed E-state index contributed by atoms with van der Waals surface area (Å²) >= 11 is 0. The molecule has 0 saturated carbocycles. The Morgan fingerprint density at radius 1 is 0.857 bits per heavy atom. The molecule has 1 N–H and O–H groups in total. The number of ether oxygens (including phenoxy) is 2. The van der Waals surface area contributed by atoms with Crippen LogP contribution in [0.5, 0.6) is 11.5 Å². The first-order valence-electron chi connectivity index (χ1n) is 13.8. The van der Waals surface area contributed by atoms with E-state index in [-0.39, 0.29) is 34.7 Å². The average molecular weight is 596 g/mol. The topological polar surface area (TPSA) is 105 Å². The number of hydrogen-bond acceptors (Lipinski definition) is 6. The van der Waals surface area contributed by atoms with Gasteiger partial charge >= 0.3 is 0 Å². The molecule has 0 saturated heterocycles. The fourth-order valence-corrected chi connectivity index (χ4v) is 5.68. The van der Waals surface area contributed by atoms with E-state index >= 15 is 0 Å². The molecule has 0 aliphatic heterocycles. The van der Waals surface area contributed by atoms with Crippen LogP contribution in [0, 0.1) is 19.8 Å². The van der Waals surface area contributed by atoms with Crippen LogP contribution >= 0.6 is 0 Å². The minimum atomic E-state index is -4.25. The number of sulfonamides is 1. The third kappa shape index (κ3) is 8.03. The maximum Gasteiger partial charge on any atom is 0.264 e. The highest BCUT2D eigenvalue weighted by atomic mass is 32.2. The predicted octanol–water partition coefficient (Wildman–Crippen LogP) is 4.71. The molecule has 0 aromatic heterocycles. The minimum absolute atomic E-state index is 0.0126. The van der Waals surface area contributed by atoms with E-state index in [2.05, 4.69) is 5.32 Å². The second-order valence-electron chi connectivity index (χ2n) is 10.7. The zero-order valence-electron chi connectivity index (χ0n) is 25.4. The molecule has 0 heterocycles. The molecule has 0 radical (unpaired) electrons. The summed E-state index contributed by atoms with van der Waals surface area (Å²) in [6.45, 7) is 9.42. The Morgan fingerprint density at radius 2 is 1.45 bits per heavy atom. The molecule has 3 rings (SSSR count). The average Bonchev–Trinajstić information content (AvgIpc) is 2.97. The molecule has 3 aromatic rings. The summed E-state index contributed by atoms with van der Waals surface area (Å²) in [7, 11) is -1.36. The summed E-state index contributed by atoms with van der Waals surface area (Å²) in [5.74, 6) is -0.0233. The predicted molar refractivity (Wildman–Crippen MR) is 164 cm³/mol. The van der Waals surface area contributed by atoms with Gasteiger partial charge in [-0.3, -0.25) is 13.9 Å². The number of nitrogens with zero attached hydrogens (tertiary/aromatic N) is 2. The number of amides is 2. The van der Waals surface area contributed by atoms with Crippen LogP contribution in [0.1, 0.15) is 37.5 Å². The van der Waals surface area contributed by atoms with Crippen molar-refractivity contribution in [3.8, 4) is 11.5 Å². The number of methoxy groups -OCH3 is 2. The molecule has 0 bridgehead atoms. The third-order valence-electron chi connectivity index (χ3n) is 6.87. The fraction of sp³-hybridized carbons (Fsp3) is 0.375. The fourth-order valence-electron chi connectivity index (χ4n) is 4.27. The van der Waals surface area contributed by atoms with Gasteiger partial charge in [-0.1, -0.05) is 61.4 Å². The maximum absolute atomic E-state index is 14.1. The molecular formula is C32H41N3O6S. The molecule has 42 heavy (non-hydrogen) atoms. The SMILES string of the molecule is COc1ccc(OC)c(N(CC(=O)N(Cc2ccc(C)cc2)C(C)C(=O)NCC(C)C)S(=O)(=O)c2ccc(C)cc2)c1. The Hall–Kier alpha value is -4.05. The van der Waals surface area contributed by atoms with Crippen molar-refractivity contribution in [3.63, 3.8) is 0 Å². The van der Waals surface area contributed by atoms with Crippen molar-refractivity contribution in [1.82, 2.24) is 10.2 Å². The second-order valence-corrected chi connectivity index (χ2v) is 12.5. The molecule has 0 fully saturated rings. The first kappa shape index (κ1) is 32.5. The van der Waals surface area contributed by atoms with Crippen molar-refractivity contribution in [2.75, 3.05) is 31.6 Å². The molecule has 0 aliphatic rings. The largest absolute Gasteiger partial charge is 0.497 e. The number of carbonyl (C=O) groups excluding carboxylic acids is 2. The van der Waals surface area contributed by atoms with Gasteiger partial charge in [-0.05, 0) is 56.5 Å². The zero-order valence-corrected chi connectivity index (χ0v) is 26.2. The molecule has 226 valence electrons. The lowest BCUT2D eigenvalue weighted by Crippen LogP contribution is -2.51. The summed E-state index contributed by atoms with van der Waals surface area (Å²) in [6.07, 6.45) is 0. The number of anilines is 1. The summed E-state index contributed by atoms with van der Waals surface area (Å²) in [5.41, 5.74) is 2.89. The van der Waals surface area contributed by atoms with Gasteiger partial charge < -0.3 is 19.7 Å². The Balaban J connectivity index is 2.10. The number of rotatable bonds is 13. The zero-order chi connectivity index (χ0) is 31.0. The van der Waals surface area contributed by atoms with E-state index in [0.717, 1.165) is 21.0 Å². The van der Waals surface area contributed by atoms with Crippen LogP contribution in [-0.2, 0) is 26.2 Å². The lowest BCUT2D eigenvalue weighted by atomic mass is 10.1. The summed E-state index contributed by atoms with van der Waals surface area (Å²) in [6, 6.07) is 17.9. The van der Waals surface area contributed by atoms with Gasteiger partial charge in [0.25, 0.3) is 10.0 Å². The van der Waals surface area contributed by atoms with E-state index in [9.17, 15) is 18.0 Å². The standard InChI is InChI=1S/C32H41N3O6S/c1-22(2)19-33-32(37)25(5)34(20-26-12-8-23(3)9-13-26)31(36)21-35(29-18-27(40-6)14-17-30(29)41-7)42(38,39)28-15-10-24(4)11-16-28/h8-18,22,25H,19-21H2,1-7H3,(H,33,37). The molecule has 10 heteroatoms. The van der Waals surface area contributed by atoms with Gasteiger partial charge in [0.2, 0.25) is 11.8 Å². The van der Waals surface area contributed by atoms with E-state index in [1.807, 2.05) is 52.0 Å². The van der Waals surface area contributed by atoms with Crippen LogP contribution in [0.15, 0.2) is 71.6 Å². The molecular weight excluding hydrogens is 554 g/mol. The van der Waals surface area contributed by atoms with Gasteiger partial charge in [-0.25, -0.2) is 8.42 Å². The lowest BCUT2D eigenvalue weighted by Gasteiger charge is -2.32. The molecule has 9 nitrogen and oxygen atoms in total. The normalized spacial score (nSPS) is 12.0. The number of aryl methyl sites for hydroxylation is 2. The van der Waals surface area contributed by atoms with Crippen molar-refractivity contribution in [2.24, 2.45) is 5.92 Å². The highest BCUT2D eigenvalue weighted by Crippen LogP contribution is 2.36. The van der Waals surface area contributed by atoms with Gasteiger partial charge in [-0.2, -0.15) is 0 Å². The maximum atomic E-state index is 14.1. The number of hydrogen-bond donors (Lipinski definition) is 1. The first-order valence-corrected chi connectivity index (χ1v) is 15.3. The number of benzene rings is 3. The monoisotopic (exact) mass is 595 g/mol. The second kappa shape index (κ2) is 14.2.